The number of morpholine rings is 1. The van der Waals surface area contributed by atoms with Crippen molar-refractivity contribution in [2.24, 2.45) is 0 Å². The van der Waals surface area contributed by atoms with Crippen LogP contribution in [0, 0.1) is 0 Å². The van der Waals surface area contributed by atoms with Crippen LogP contribution in [0.1, 0.15) is 41.3 Å². The van der Waals surface area contributed by atoms with Crippen molar-refractivity contribution in [3.8, 4) is 0 Å². The van der Waals surface area contributed by atoms with Crippen LogP contribution in [-0.2, 0) is 4.74 Å². The molecule has 0 bridgehead atoms. The molecule has 1 aromatic heterocycles. The molecule has 2 fully saturated rings. The lowest BCUT2D eigenvalue weighted by Crippen LogP contribution is -2.39. The molecule has 1 atom stereocenters. The number of aromatic nitrogens is 1. The Labute approximate surface area is 164 Å². The van der Waals surface area contributed by atoms with E-state index in [0.717, 1.165) is 55.4 Å². The summed E-state index contributed by atoms with van der Waals surface area (Å²) in [6, 6.07) is 11.6. The highest BCUT2D eigenvalue weighted by Gasteiger charge is 2.24. The maximum atomic E-state index is 12.6. The average molecular weight is 386 g/mol. The van der Waals surface area contributed by atoms with Crippen LogP contribution in [0.2, 0.25) is 5.02 Å². The number of likely N-dealkylation sites (tertiary alicyclic amines) is 1. The Balaban J connectivity index is 1.43. The molecule has 5 nitrogen and oxygen atoms in total. The fourth-order valence-electron chi connectivity index (χ4n) is 3.72. The second-order valence-electron chi connectivity index (χ2n) is 7.11. The Hall–Kier alpha value is -2.11. The second kappa shape index (κ2) is 8.28. The second-order valence-corrected chi connectivity index (χ2v) is 7.55. The predicted molar refractivity (Wildman–Crippen MR) is 106 cm³/mol. The van der Waals surface area contributed by atoms with E-state index in [1.807, 2.05) is 41.3 Å². The van der Waals surface area contributed by atoms with E-state index in [9.17, 15) is 4.79 Å². The third kappa shape index (κ3) is 4.25. The Morgan fingerprint density at radius 1 is 1.04 bits per heavy atom. The molecule has 1 unspecified atom stereocenters. The number of rotatable bonds is 3. The molecular weight excluding hydrogens is 362 g/mol. The molecule has 2 aliphatic heterocycles. The maximum absolute atomic E-state index is 12.6. The van der Waals surface area contributed by atoms with E-state index >= 15 is 0 Å². The van der Waals surface area contributed by atoms with Gasteiger partial charge in [0.05, 0.1) is 12.2 Å². The molecule has 4 rings (SSSR count). The van der Waals surface area contributed by atoms with Gasteiger partial charge in [-0.15, -0.1) is 0 Å². The number of piperidine rings is 1. The number of hydrogen-bond acceptors (Lipinski definition) is 4. The number of benzene rings is 1. The van der Waals surface area contributed by atoms with Gasteiger partial charge >= 0.3 is 0 Å². The molecule has 0 radical (unpaired) electrons. The first-order valence-electron chi connectivity index (χ1n) is 9.58. The van der Waals surface area contributed by atoms with Crippen molar-refractivity contribution in [1.82, 2.24) is 9.88 Å². The minimum atomic E-state index is -0.00697. The van der Waals surface area contributed by atoms with Crippen LogP contribution in [-0.4, -0.2) is 48.6 Å². The van der Waals surface area contributed by atoms with Crippen LogP contribution in [0.25, 0.3) is 0 Å². The predicted octanol–water partition coefficient (Wildman–Crippen LogP) is 3.94. The fourth-order valence-corrected chi connectivity index (χ4v) is 3.84. The number of carbonyl (C=O) groups is 1. The topological polar surface area (TPSA) is 45.7 Å². The first kappa shape index (κ1) is 18.3. The molecule has 1 aromatic carbocycles. The van der Waals surface area contributed by atoms with E-state index < -0.39 is 0 Å². The highest BCUT2D eigenvalue weighted by molar-refractivity contribution is 6.30. The van der Waals surface area contributed by atoms with Crippen LogP contribution in [0.15, 0.2) is 42.6 Å². The van der Waals surface area contributed by atoms with Crippen LogP contribution >= 0.6 is 11.6 Å². The zero-order chi connectivity index (χ0) is 18.6. The van der Waals surface area contributed by atoms with E-state index in [0.29, 0.717) is 12.2 Å². The largest absolute Gasteiger partial charge is 0.370 e. The monoisotopic (exact) mass is 385 g/mol. The number of ether oxygens (including phenoxy) is 1. The quantitative estimate of drug-likeness (QED) is 0.802. The van der Waals surface area contributed by atoms with E-state index in [-0.39, 0.29) is 12.0 Å². The maximum Gasteiger partial charge on any atom is 0.255 e. The van der Waals surface area contributed by atoms with Gasteiger partial charge in [0.2, 0.25) is 0 Å². The summed E-state index contributed by atoms with van der Waals surface area (Å²) < 4.78 is 5.92. The van der Waals surface area contributed by atoms with Gasteiger partial charge in [-0.2, -0.15) is 0 Å². The lowest BCUT2D eigenvalue weighted by atomic mass is 10.1. The van der Waals surface area contributed by atoms with E-state index in [2.05, 4.69) is 9.88 Å². The number of amides is 1. The Bertz CT molecular complexity index is 773. The van der Waals surface area contributed by atoms with Crippen molar-refractivity contribution in [1.29, 1.82) is 0 Å². The van der Waals surface area contributed by atoms with Crippen molar-refractivity contribution >= 4 is 23.3 Å². The lowest BCUT2D eigenvalue weighted by Gasteiger charge is -2.34. The highest BCUT2D eigenvalue weighted by atomic mass is 35.5. The highest BCUT2D eigenvalue weighted by Crippen LogP contribution is 2.26. The normalized spacial score (nSPS) is 20.6. The molecule has 1 amide bonds. The van der Waals surface area contributed by atoms with Crippen molar-refractivity contribution in [2.75, 3.05) is 37.7 Å². The number of carbonyl (C=O) groups excluding carboxylic acids is 1. The Morgan fingerprint density at radius 2 is 1.81 bits per heavy atom. The Morgan fingerprint density at radius 3 is 2.52 bits per heavy atom. The minimum Gasteiger partial charge on any atom is -0.370 e. The molecule has 2 saturated heterocycles. The first-order chi connectivity index (χ1) is 13.2. The number of anilines is 1. The molecule has 142 valence electrons. The third-order valence-corrected chi connectivity index (χ3v) is 5.52. The lowest BCUT2D eigenvalue weighted by molar-refractivity contribution is 0.0395. The average Bonchev–Trinajstić information content (AvgIpc) is 2.75. The van der Waals surface area contributed by atoms with E-state index in [1.165, 1.54) is 6.42 Å². The molecule has 0 aliphatic carbocycles. The summed E-state index contributed by atoms with van der Waals surface area (Å²) >= 11 is 5.98. The van der Waals surface area contributed by atoms with Crippen LogP contribution in [0.4, 0.5) is 5.82 Å². The summed E-state index contributed by atoms with van der Waals surface area (Å²) in [5.41, 5.74) is 1.78. The molecule has 0 N–H and O–H groups in total. The van der Waals surface area contributed by atoms with Gasteiger partial charge < -0.3 is 14.5 Å². The summed E-state index contributed by atoms with van der Waals surface area (Å²) in [5, 5.41) is 0.724. The van der Waals surface area contributed by atoms with Crippen LogP contribution < -0.4 is 4.90 Å². The van der Waals surface area contributed by atoms with Gasteiger partial charge in [0.1, 0.15) is 11.9 Å². The van der Waals surface area contributed by atoms with Crippen molar-refractivity contribution in [2.45, 2.75) is 25.4 Å². The zero-order valence-corrected chi connectivity index (χ0v) is 16.1. The molecule has 27 heavy (non-hydrogen) atoms. The van der Waals surface area contributed by atoms with E-state index in [1.54, 1.807) is 6.20 Å². The van der Waals surface area contributed by atoms with Crippen molar-refractivity contribution < 1.29 is 9.53 Å². The standard InChI is InChI=1S/C21H24ClN3O2/c22-18-7-4-16(5-8-18)19-15-25(12-13-27-19)20-9-6-17(14-23-20)21(26)24-10-2-1-3-11-24/h4-9,14,19H,1-3,10-13,15H2. The smallest absolute Gasteiger partial charge is 0.255 e. The molecule has 6 heteroatoms. The van der Waals surface area contributed by atoms with Gasteiger partial charge in [0.25, 0.3) is 5.91 Å². The Kier molecular flexibility index (Phi) is 5.60. The van der Waals surface area contributed by atoms with Crippen molar-refractivity contribution in [3.05, 3.63) is 58.7 Å². The summed E-state index contributed by atoms with van der Waals surface area (Å²) in [5.74, 6) is 0.974. The molecule has 3 heterocycles. The van der Waals surface area contributed by atoms with Gasteiger partial charge in [0.15, 0.2) is 0 Å². The molecular formula is C21H24ClN3O2. The van der Waals surface area contributed by atoms with Gasteiger partial charge in [-0.1, -0.05) is 23.7 Å². The number of pyridine rings is 1. The molecule has 2 aliphatic rings. The fraction of sp³-hybridized carbons (Fsp3) is 0.429. The summed E-state index contributed by atoms with van der Waals surface area (Å²) in [6.07, 6.45) is 5.10. The molecule has 2 aromatic rings. The summed E-state index contributed by atoms with van der Waals surface area (Å²) in [4.78, 5) is 21.3. The molecule has 0 spiro atoms. The van der Waals surface area contributed by atoms with Crippen LogP contribution in [0.5, 0.6) is 0 Å². The SMILES string of the molecule is O=C(c1ccc(N2CCOC(c3ccc(Cl)cc3)C2)nc1)N1CCCCC1. The van der Waals surface area contributed by atoms with Gasteiger partial charge in [0, 0.05) is 37.4 Å². The van der Waals surface area contributed by atoms with Crippen LogP contribution in [0.3, 0.4) is 0 Å². The van der Waals surface area contributed by atoms with Gasteiger partial charge in [-0.3, -0.25) is 4.79 Å². The third-order valence-electron chi connectivity index (χ3n) is 5.27. The minimum absolute atomic E-state index is 0.00697. The first-order valence-corrected chi connectivity index (χ1v) is 9.96. The van der Waals surface area contributed by atoms with Gasteiger partial charge in [-0.25, -0.2) is 4.98 Å². The molecule has 0 saturated carbocycles. The zero-order valence-electron chi connectivity index (χ0n) is 15.3. The number of halogens is 1. The number of hydrogen-bond donors (Lipinski definition) is 0. The number of nitrogens with zero attached hydrogens (tertiary/aromatic N) is 3. The van der Waals surface area contributed by atoms with E-state index in [4.69, 9.17) is 16.3 Å². The van der Waals surface area contributed by atoms with Crippen molar-refractivity contribution in [3.63, 3.8) is 0 Å². The summed E-state index contributed by atoms with van der Waals surface area (Å²) in [6.45, 7) is 3.87. The van der Waals surface area contributed by atoms with Gasteiger partial charge in [-0.05, 0) is 49.1 Å². The summed E-state index contributed by atoms with van der Waals surface area (Å²) in [7, 11) is 0.